The normalized spacial score (nSPS) is 21.1. The molecule has 9 heteroatoms. The molecule has 0 aliphatic carbocycles. The SMILES string of the molecule is O=P1(OCCN(CCO)P2(=O)Oc3ccccc3-c3ccccc32)Oc2ccccc2-c2ccccc21. The first-order valence-electron chi connectivity index (χ1n) is 12.0. The van der Waals surface area contributed by atoms with Crippen molar-refractivity contribution < 1.29 is 27.8 Å². The minimum atomic E-state index is -3.71. The number of para-hydroxylation sites is 2. The number of aliphatic hydroxyl groups excluding tert-OH is 1. The monoisotopic (exact) mass is 533 g/mol. The molecule has 1 N–H and O–H groups in total. The maximum atomic E-state index is 14.5. The van der Waals surface area contributed by atoms with Crippen LogP contribution < -0.4 is 19.7 Å². The van der Waals surface area contributed by atoms with Gasteiger partial charge in [-0.2, -0.15) is 0 Å². The third kappa shape index (κ3) is 4.14. The summed E-state index contributed by atoms with van der Waals surface area (Å²) < 4.78 is 48.0. The molecule has 0 fully saturated rings. The van der Waals surface area contributed by atoms with Gasteiger partial charge in [0.2, 0.25) is 0 Å². The van der Waals surface area contributed by atoms with Gasteiger partial charge in [-0.25, -0.2) is 9.24 Å². The van der Waals surface area contributed by atoms with Gasteiger partial charge < -0.3 is 14.2 Å². The highest BCUT2D eigenvalue weighted by molar-refractivity contribution is 7.65. The molecule has 2 atom stereocenters. The number of hydrogen-bond acceptors (Lipinski definition) is 6. The van der Waals surface area contributed by atoms with Crippen molar-refractivity contribution in [3.05, 3.63) is 97.1 Å². The van der Waals surface area contributed by atoms with Crippen LogP contribution in [0.5, 0.6) is 11.5 Å². The summed E-state index contributed by atoms with van der Waals surface area (Å²) in [4.78, 5) is 0. The quantitative estimate of drug-likeness (QED) is 0.316. The van der Waals surface area contributed by atoms with Crippen molar-refractivity contribution in [3.63, 3.8) is 0 Å². The van der Waals surface area contributed by atoms with Gasteiger partial charge in [0.15, 0.2) is 0 Å². The lowest BCUT2D eigenvalue weighted by Crippen LogP contribution is -2.36. The van der Waals surface area contributed by atoms with E-state index < -0.39 is 15.1 Å². The standard InChI is InChI=1S/C28H25NO6P2/c30-19-17-29(36(31)27-15-7-3-11-23(27)21-9-1-5-13-25(21)34-36)18-20-33-37(32)28-16-8-4-12-24(28)22-10-2-6-14-26(22)35-37/h1-16,30H,17-20H2. The molecule has 0 saturated heterocycles. The zero-order chi connectivity index (χ0) is 25.5. The van der Waals surface area contributed by atoms with E-state index in [0.717, 1.165) is 22.3 Å². The molecule has 0 radical (unpaired) electrons. The third-order valence-electron chi connectivity index (χ3n) is 6.54. The van der Waals surface area contributed by atoms with E-state index in [1.807, 2.05) is 66.7 Å². The first-order valence-corrected chi connectivity index (χ1v) is 15.1. The number of fused-ring (bicyclic) bond motifs is 6. The van der Waals surface area contributed by atoms with Crippen LogP contribution in [0.3, 0.4) is 0 Å². The molecule has 4 aromatic carbocycles. The van der Waals surface area contributed by atoms with Crippen molar-refractivity contribution in [2.24, 2.45) is 0 Å². The maximum absolute atomic E-state index is 14.5. The average molecular weight is 533 g/mol. The van der Waals surface area contributed by atoms with Crippen LogP contribution in [-0.4, -0.2) is 36.1 Å². The highest BCUT2D eigenvalue weighted by Crippen LogP contribution is 2.58. The van der Waals surface area contributed by atoms with E-state index in [1.165, 1.54) is 0 Å². The summed E-state index contributed by atoms with van der Waals surface area (Å²) >= 11 is 0. The largest absolute Gasteiger partial charge is 0.429 e. The van der Waals surface area contributed by atoms with E-state index in [0.29, 0.717) is 22.1 Å². The van der Waals surface area contributed by atoms with Crippen LogP contribution in [0.15, 0.2) is 97.1 Å². The molecule has 188 valence electrons. The summed E-state index contributed by atoms with van der Waals surface area (Å²) in [5.74, 6) is 1.01. The van der Waals surface area contributed by atoms with E-state index in [4.69, 9.17) is 13.6 Å². The van der Waals surface area contributed by atoms with Crippen molar-refractivity contribution in [1.82, 2.24) is 4.67 Å². The highest BCUT2D eigenvalue weighted by atomic mass is 31.2. The van der Waals surface area contributed by atoms with Crippen LogP contribution >= 0.6 is 15.1 Å². The Hall–Kier alpha value is -3.18. The lowest BCUT2D eigenvalue weighted by Gasteiger charge is -2.36. The molecule has 0 bridgehead atoms. The van der Waals surface area contributed by atoms with Gasteiger partial charge in [0, 0.05) is 35.3 Å². The van der Waals surface area contributed by atoms with Crippen LogP contribution in [0.1, 0.15) is 0 Å². The Morgan fingerprint density at radius 1 is 0.649 bits per heavy atom. The van der Waals surface area contributed by atoms with Crippen LogP contribution in [0.25, 0.3) is 22.3 Å². The molecule has 0 amide bonds. The van der Waals surface area contributed by atoms with Crippen LogP contribution in [-0.2, 0) is 13.7 Å². The van der Waals surface area contributed by atoms with Crippen molar-refractivity contribution in [1.29, 1.82) is 0 Å². The molecule has 6 rings (SSSR count). The fourth-order valence-electron chi connectivity index (χ4n) is 4.85. The van der Waals surface area contributed by atoms with Crippen molar-refractivity contribution in [2.45, 2.75) is 0 Å². The van der Waals surface area contributed by atoms with Crippen molar-refractivity contribution in [2.75, 3.05) is 26.3 Å². The summed E-state index contributed by atoms with van der Waals surface area (Å²) in [7, 11) is -7.32. The zero-order valence-corrected chi connectivity index (χ0v) is 21.7. The number of nitrogens with zero attached hydrogens (tertiary/aromatic N) is 1. The van der Waals surface area contributed by atoms with Crippen LogP contribution in [0, 0.1) is 0 Å². The van der Waals surface area contributed by atoms with E-state index in [-0.39, 0.29) is 26.3 Å². The summed E-state index contributed by atoms with van der Waals surface area (Å²) in [6.07, 6.45) is 0. The van der Waals surface area contributed by atoms with Gasteiger partial charge in [0.25, 0.3) is 0 Å². The van der Waals surface area contributed by atoms with Crippen molar-refractivity contribution >= 4 is 25.7 Å². The average Bonchev–Trinajstić information content (AvgIpc) is 2.93. The Morgan fingerprint density at radius 3 is 1.81 bits per heavy atom. The first-order chi connectivity index (χ1) is 18.0. The summed E-state index contributed by atoms with van der Waals surface area (Å²) in [6.45, 7) is -0.0975. The van der Waals surface area contributed by atoms with Crippen LogP contribution in [0.4, 0.5) is 0 Å². The number of aliphatic hydroxyl groups is 1. The Balaban J connectivity index is 1.29. The fourth-order valence-corrected chi connectivity index (χ4v) is 9.05. The lowest BCUT2D eigenvalue weighted by molar-refractivity contribution is 0.209. The van der Waals surface area contributed by atoms with Gasteiger partial charge in [-0.15, -0.1) is 0 Å². The molecule has 0 saturated carbocycles. The zero-order valence-electron chi connectivity index (χ0n) is 19.9. The molecule has 2 unspecified atom stereocenters. The van der Waals surface area contributed by atoms with Crippen LogP contribution in [0.2, 0.25) is 0 Å². The Bertz CT molecular complexity index is 1570. The van der Waals surface area contributed by atoms with Gasteiger partial charge in [0.05, 0.1) is 23.8 Å². The molecular weight excluding hydrogens is 508 g/mol. The summed E-state index contributed by atoms with van der Waals surface area (Å²) in [6, 6.07) is 29.6. The minimum absolute atomic E-state index is 0.0507. The molecule has 0 spiro atoms. The minimum Gasteiger partial charge on any atom is -0.429 e. The second kappa shape index (κ2) is 9.60. The molecule has 2 aliphatic heterocycles. The molecule has 4 aromatic rings. The molecule has 0 aromatic heterocycles. The fraction of sp³-hybridized carbons (Fsp3) is 0.143. The van der Waals surface area contributed by atoms with Crippen molar-refractivity contribution in [3.8, 4) is 33.8 Å². The number of rotatable bonds is 7. The lowest BCUT2D eigenvalue weighted by atomic mass is 10.0. The van der Waals surface area contributed by atoms with Gasteiger partial charge in [-0.1, -0.05) is 72.8 Å². The van der Waals surface area contributed by atoms with E-state index in [2.05, 4.69) is 0 Å². The van der Waals surface area contributed by atoms with Gasteiger partial charge in [0.1, 0.15) is 11.5 Å². The second-order valence-corrected chi connectivity index (χ2v) is 12.9. The maximum Gasteiger partial charge on any atom is 0.411 e. The van der Waals surface area contributed by atoms with Gasteiger partial charge in [-0.3, -0.25) is 9.09 Å². The van der Waals surface area contributed by atoms with E-state index >= 15 is 0 Å². The molecule has 2 heterocycles. The second-order valence-electron chi connectivity index (χ2n) is 8.74. The van der Waals surface area contributed by atoms with E-state index in [1.54, 1.807) is 35.0 Å². The number of hydrogen-bond donors (Lipinski definition) is 1. The topological polar surface area (TPSA) is 85.3 Å². The number of benzene rings is 4. The van der Waals surface area contributed by atoms with Gasteiger partial charge >= 0.3 is 15.1 Å². The summed E-state index contributed by atoms with van der Waals surface area (Å²) in [5.41, 5.74) is 3.34. The predicted molar refractivity (Wildman–Crippen MR) is 144 cm³/mol. The molecule has 2 aliphatic rings. The molecular formula is C28H25NO6P2. The van der Waals surface area contributed by atoms with E-state index in [9.17, 15) is 14.2 Å². The molecule has 37 heavy (non-hydrogen) atoms. The Morgan fingerprint density at radius 2 is 1.16 bits per heavy atom. The smallest absolute Gasteiger partial charge is 0.411 e. The molecule has 7 nitrogen and oxygen atoms in total. The first kappa shape index (κ1) is 24.2. The summed E-state index contributed by atoms with van der Waals surface area (Å²) in [5, 5.41) is 10.9. The third-order valence-corrected chi connectivity index (χ3v) is 11.1. The highest BCUT2D eigenvalue weighted by Gasteiger charge is 2.42. The van der Waals surface area contributed by atoms with Gasteiger partial charge in [-0.05, 0) is 24.3 Å². The Labute approximate surface area is 215 Å². The Kier molecular flexibility index (Phi) is 6.28. The predicted octanol–water partition coefficient (Wildman–Crippen LogP) is 5.45.